The van der Waals surface area contributed by atoms with Crippen molar-refractivity contribution >= 4 is 5.97 Å². The van der Waals surface area contributed by atoms with E-state index in [1.54, 1.807) is 6.07 Å². The van der Waals surface area contributed by atoms with Crippen molar-refractivity contribution < 1.29 is 14.6 Å². The predicted octanol–water partition coefficient (Wildman–Crippen LogP) is 1.69. The lowest BCUT2D eigenvalue weighted by Crippen LogP contribution is -2.36. The van der Waals surface area contributed by atoms with Crippen LogP contribution in [0.1, 0.15) is 42.9 Å². The van der Waals surface area contributed by atoms with Crippen molar-refractivity contribution in [3.63, 3.8) is 0 Å². The fourth-order valence-electron chi connectivity index (χ4n) is 2.01. The number of rotatable bonds is 8. The van der Waals surface area contributed by atoms with Gasteiger partial charge in [0.15, 0.2) is 0 Å². The lowest BCUT2D eigenvalue weighted by Gasteiger charge is -2.29. The molecule has 5 nitrogen and oxygen atoms in total. The fraction of sp³-hybridized carbons (Fsp3) is 0.643. The lowest BCUT2D eigenvalue weighted by molar-refractivity contribution is 0.0594. The Morgan fingerprint density at radius 3 is 2.63 bits per heavy atom. The van der Waals surface area contributed by atoms with Gasteiger partial charge in [0.1, 0.15) is 5.69 Å². The Morgan fingerprint density at radius 1 is 1.42 bits per heavy atom. The van der Waals surface area contributed by atoms with Gasteiger partial charge in [-0.15, -0.1) is 0 Å². The Kier molecular flexibility index (Phi) is 6.05. The van der Waals surface area contributed by atoms with Gasteiger partial charge in [-0.25, -0.2) is 4.79 Å². The van der Waals surface area contributed by atoms with Crippen LogP contribution in [0, 0.1) is 5.41 Å². The Morgan fingerprint density at radius 2 is 2.11 bits per heavy atom. The highest BCUT2D eigenvalue weighted by Gasteiger charge is 2.24. The number of aromatic nitrogens is 1. The molecule has 1 aromatic heterocycles. The molecule has 0 radical (unpaired) electrons. The third-order valence-electron chi connectivity index (χ3n) is 3.80. The SMILES string of the molecule is CCC(CC)(CO)CNCc1ccc(C(=O)OC)[nH]1. The summed E-state index contributed by atoms with van der Waals surface area (Å²) in [5.41, 5.74) is 1.33. The summed E-state index contributed by atoms with van der Waals surface area (Å²) in [5.74, 6) is -0.363. The molecule has 0 amide bonds. The van der Waals surface area contributed by atoms with Crippen molar-refractivity contribution in [2.75, 3.05) is 20.3 Å². The van der Waals surface area contributed by atoms with Gasteiger partial charge >= 0.3 is 5.97 Å². The van der Waals surface area contributed by atoms with Gasteiger partial charge in [-0.2, -0.15) is 0 Å². The Bertz CT molecular complexity index is 389. The molecule has 0 spiro atoms. The first-order valence-corrected chi connectivity index (χ1v) is 6.68. The second kappa shape index (κ2) is 7.31. The van der Waals surface area contributed by atoms with Crippen molar-refractivity contribution in [3.05, 3.63) is 23.5 Å². The third-order valence-corrected chi connectivity index (χ3v) is 3.80. The first-order chi connectivity index (χ1) is 9.10. The average Bonchev–Trinajstić information content (AvgIpc) is 2.92. The number of hydrogen-bond acceptors (Lipinski definition) is 4. The number of carbonyl (C=O) groups is 1. The first-order valence-electron chi connectivity index (χ1n) is 6.68. The summed E-state index contributed by atoms with van der Waals surface area (Å²) >= 11 is 0. The van der Waals surface area contributed by atoms with E-state index in [9.17, 15) is 9.90 Å². The van der Waals surface area contributed by atoms with E-state index in [0.717, 1.165) is 25.1 Å². The Labute approximate surface area is 114 Å². The molecule has 0 aliphatic heterocycles. The minimum Gasteiger partial charge on any atom is -0.464 e. The quantitative estimate of drug-likeness (QED) is 0.627. The van der Waals surface area contributed by atoms with Gasteiger partial charge in [-0.3, -0.25) is 0 Å². The van der Waals surface area contributed by atoms with Crippen LogP contribution in [0.15, 0.2) is 12.1 Å². The van der Waals surface area contributed by atoms with Crippen LogP contribution in [0.4, 0.5) is 0 Å². The van der Waals surface area contributed by atoms with Crippen LogP contribution in [-0.2, 0) is 11.3 Å². The minimum absolute atomic E-state index is 0.0578. The van der Waals surface area contributed by atoms with Crippen molar-refractivity contribution in [3.8, 4) is 0 Å². The number of aliphatic hydroxyl groups is 1. The Hall–Kier alpha value is -1.33. The molecule has 1 heterocycles. The third kappa shape index (κ3) is 4.08. The highest BCUT2D eigenvalue weighted by Crippen LogP contribution is 2.24. The normalized spacial score (nSPS) is 11.6. The molecular formula is C14H24N2O3. The maximum absolute atomic E-state index is 11.3. The van der Waals surface area contributed by atoms with Crippen LogP contribution < -0.4 is 5.32 Å². The van der Waals surface area contributed by atoms with Gasteiger partial charge in [0.2, 0.25) is 0 Å². The number of H-pyrrole nitrogens is 1. The van der Waals surface area contributed by atoms with E-state index in [-0.39, 0.29) is 18.0 Å². The van der Waals surface area contributed by atoms with E-state index in [1.165, 1.54) is 7.11 Å². The predicted molar refractivity (Wildman–Crippen MR) is 73.9 cm³/mol. The summed E-state index contributed by atoms with van der Waals surface area (Å²) in [4.78, 5) is 14.3. The van der Waals surface area contributed by atoms with Gasteiger partial charge < -0.3 is 20.1 Å². The lowest BCUT2D eigenvalue weighted by atomic mass is 9.83. The number of aliphatic hydroxyl groups excluding tert-OH is 1. The highest BCUT2D eigenvalue weighted by molar-refractivity contribution is 5.87. The topological polar surface area (TPSA) is 74.3 Å². The van der Waals surface area contributed by atoms with Crippen LogP contribution in [-0.4, -0.2) is 36.3 Å². The van der Waals surface area contributed by atoms with Crippen LogP contribution in [0.25, 0.3) is 0 Å². The number of esters is 1. The maximum atomic E-state index is 11.3. The van der Waals surface area contributed by atoms with Crippen molar-refractivity contribution in [2.24, 2.45) is 5.41 Å². The highest BCUT2D eigenvalue weighted by atomic mass is 16.5. The van der Waals surface area contributed by atoms with Crippen LogP contribution in [0.5, 0.6) is 0 Å². The van der Waals surface area contributed by atoms with Crippen LogP contribution in [0.3, 0.4) is 0 Å². The molecule has 0 aliphatic rings. The number of ether oxygens (including phenoxy) is 1. The summed E-state index contributed by atoms with van der Waals surface area (Å²) in [7, 11) is 1.36. The summed E-state index contributed by atoms with van der Waals surface area (Å²) in [6, 6.07) is 3.57. The molecule has 108 valence electrons. The maximum Gasteiger partial charge on any atom is 0.354 e. The number of hydrogen-bond donors (Lipinski definition) is 3. The first kappa shape index (κ1) is 15.7. The minimum atomic E-state index is -0.363. The van der Waals surface area contributed by atoms with Crippen LogP contribution in [0.2, 0.25) is 0 Å². The van der Waals surface area contributed by atoms with Crippen molar-refractivity contribution in [1.29, 1.82) is 0 Å². The summed E-state index contributed by atoms with van der Waals surface area (Å²) in [5, 5.41) is 12.8. The van der Waals surface area contributed by atoms with Crippen molar-refractivity contribution in [1.82, 2.24) is 10.3 Å². The zero-order chi connectivity index (χ0) is 14.3. The van der Waals surface area contributed by atoms with E-state index in [4.69, 9.17) is 0 Å². The van der Waals surface area contributed by atoms with E-state index in [2.05, 4.69) is 28.9 Å². The second-order valence-corrected chi connectivity index (χ2v) is 4.86. The molecule has 0 saturated heterocycles. The van der Waals surface area contributed by atoms with Gasteiger partial charge in [0, 0.05) is 30.8 Å². The monoisotopic (exact) mass is 268 g/mol. The molecular weight excluding hydrogens is 244 g/mol. The van der Waals surface area contributed by atoms with Gasteiger partial charge in [0.25, 0.3) is 0 Å². The summed E-state index contributed by atoms with van der Waals surface area (Å²) in [6.45, 7) is 5.75. The van der Waals surface area contributed by atoms with E-state index in [1.807, 2.05) is 6.07 Å². The van der Waals surface area contributed by atoms with E-state index >= 15 is 0 Å². The number of nitrogens with one attached hydrogen (secondary N) is 2. The molecule has 1 rings (SSSR count). The zero-order valence-electron chi connectivity index (χ0n) is 12.0. The number of carbonyl (C=O) groups excluding carboxylic acids is 1. The molecule has 0 saturated carbocycles. The molecule has 5 heteroatoms. The molecule has 0 unspecified atom stereocenters. The number of aromatic amines is 1. The fourth-order valence-corrected chi connectivity index (χ4v) is 2.01. The smallest absolute Gasteiger partial charge is 0.354 e. The molecule has 19 heavy (non-hydrogen) atoms. The molecule has 3 N–H and O–H groups in total. The standard InChI is InChI=1S/C14H24N2O3/c1-4-14(5-2,10-17)9-15-8-11-6-7-12(16-11)13(18)19-3/h6-7,15-17H,4-5,8-10H2,1-3H3. The molecule has 0 aliphatic carbocycles. The molecule has 1 aromatic rings. The zero-order valence-corrected chi connectivity index (χ0v) is 12.0. The summed E-state index contributed by atoms with van der Waals surface area (Å²) in [6.07, 6.45) is 1.87. The van der Waals surface area contributed by atoms with Gasteiger partial charge in [-0.1, -0.05) is 13.8 Å². The Balaban J connectivity index is 2.49. The van der Waals surface area contributed by atoms with E-state index < -0.39 is 0 Å². The largest absolute Gasteiger partial charge is 0.464 e. The van der Waals surface area contributed by atoms with Crippen LogP contribution >= 0.6 is 0 Å². The van der Waals surface area contributed by atoms with Gasteiger partial charge in [0.05, 0.1) is 7.11 Å². The molecule has 0 atom stereocenters. The molecule has 0 bridgehead atoms. The number of methoxy groups -OCH3 is 1. The second-order valence-electron chi connectivity index (χ2n) is 4.86. The molecule has 0 aromatic carbocycles. The van der Waals surface area contributed by atoms with E-state index in [0.29, 0.717) is 12.2 Å². The average molecular weight is 268 g/mol. The van der Waals surface area contributed by atoms with Crippen molar-refractivity contribution in [2.45, 2.75) is 33.2 Å². The summed E-state index contributed by atoms with van der Waals surface area (Å²) < 4.78 is 4.64. The van der Waals surface area contributed by atoms with Gasteiger partial charge in [-0.05, 0) is 25.0 Å². The molecule has 0 fully saturated rings.